The van der Waals surface area contributed by atoms with Crippen LogP contribution in [0.3, 0.4) is 0 Å². The van der Waals surface area contributed by atoms with E-state index in [4.69, 9.17) is 0 Å². The first kappa shape index (κ1) is 16.0. The van der Waals surface area contributed by atoms with Crippen molar-refractivity contribution in [1.82, 2.24) is 5.32 Å². The van der Waals surface area contributed by atoms with Crippen LogP contribution in [0, 0.1) is 17.8 Å². The Morgan fingerprint density at radius 1 is 1.13 bits per heavy atom. The smallest absolute Gasteiger partial charge is 0.326 e. The number of carbonyl (C=O) groups is 2. The van der Waals surface area contributed by atoms with E-state index < -0.39 is 12.0 Å². The molecule has 1 aromatic rings. The Balaban J connectivity index is 1.54. The Labute approximate surface area is 137 Å². The van der Waals surface area contributed by atoms with Gasteiger partial charge >= 0.3 is 5.97 Å². The maximum Gasteiger partial charge on any atom is 0.326 e. The van der Waals surface area contributed by atoms with Crippen molar-refractivity contribution in [2.45, 2.75) is 51.0 Å². The summed E-state index contributed by atoms with van der Waals surface area (Å²) in [5.41, 5.74) is 0.930. The predicted octanol–water partition coefficient (Wildman–Crippen LogP) is 3.01. The number of nitrogens with one attached hydrogen (secondary N) is 1. The zero-order chi connectivity index (χ0) is 16.2. The van der Waals surface area contributed by atoms with Crippen LogP contribution in [-0.2, 0) is 16.0 Å². The maximum atomic E-state index is 12.4. The maximum absolute atomic E-state index is 12.4. The summed E-state index contributed by atoms with van der Waals surface area (Å²) in [6.45, 7) is 0. The number of hydrogen-bond donors (Lipinski definition) is 2. The Morgan fingerprint density at radius 3 is 2.48 bits per heavy atom. The number of carboxylic acids is 1. The molecule has 0 heterocycles. The summed E-state index contributed by atoms with van der Waals surface area (Å²) in [6.07, 6.45) is 7.62. The number of benzene rings is 1. The van der Waals surface area contributed by atoms with Crippen molar-refractivity contribution in [3.05, 3.63) is 35.9 Å². The minimum Gasteiger partial charge on any atom is -0.480 e. The van der Waals surface area contributed by atoms with Crippen LogP contribution >= 0.6 is 0 Å². The van der Waals surface area contributed by atoms with Crippen LogP contribution in [0.2, 0.25) is 0 Å². The predicted molar refractivity (Wildman–Crippen MR) is 87.9 cm³/mol. The van der Waals surface area contributed by atoms with Crippen LogP contribution in [0.1, 0.15) is 44.1 Å². The third-order valence-corrected chi connectivity index (χ3v) is 5.33. The largest absolute Gasteiger partial charge is 0.480 e. The van der Waals surface area contributed by atoms with Crippen molar-refractivity contribution in [3.8, 4) is 0 Å². The average molecular weight is 315 g/mol. The van der Waals surface area contributed by atoms with E-state index in [1.54, 1.807) is 0 Å². The highest BCUT2D eigenvalue weighted by atomic mass is 16.4. The van der Waals surface area contributed by atoms with Gasteiger partial charge in [-0.2, -0.15) is 0 Å². The van der Waals surface area contributed by atoms with Gasteiger partial charge in [-0.3, -0.25) is 4.79 Å². The second-order valence-electron chi connectivity index (χ2n) is 6.99. The average Bonchev–Trinajstić information content (AvgIpc) is 3.37. The molecule has 124 valence electrons. The molecule has 4 heteroatoms. The van der Waals surface area contributed by atoms with E-state index in [1.807, 2.05) is 30.3 Å². The number of hydrogen-bond acceptors (Lipinski definition) is 2. The zero-order valence-corrected chi connectivity index (χ0v) is 13.4. The van der Waals surface area contributed by atoms with Crippen LogP contribution in [0.5, 0.6) is 0 Å². The SMILES string of the molecule is O=C(N[C@@H](Cc1ccccc1)C(=O)O)C1CC1C1CCCCC1. The highest BCUT2D eigenvalue weighted by Crippen LogP contribution is 2.49. The highest BCUT2D eigenvalue weighted by molar-refractivity contribution is 5.86. The second-order valence-corrected chi connectivity index (χ2v) is 6.99. The number of amides is 1. The van der Waals surface area contributed by atoms with Gasteiger partial charge in [-0.05, 0) is 23.8 Å². The molecule has 0 bridgehead atoms. The molecule has 0 spiro atoms. The number of carbonyl (C=O) groups excluding carboxylic acids is 1. The van der Waals surface area contributed by atoms with Gasteiger partial charge in [0, 0.05) is 12.3 Å². The second kappa shape index (κ2) is 7.16. The monoisotopic (exact) mass is 315 g/mol. The standard InChI is InChI=1S/C19H25NO3/c21-18(16-12-15(16)14-9-5-2-6-10-14)20-17(19(22)23)11-13-7-3-1-4-8-13/h1,3-4,7-8,14-17H,2,5-6,9-12H2,(H,20,21)(H,22,23)/t15?,16?,17-/m0/s1. The highest BCUT2D eigenvalue weighted by Gasteiger charge is 2.47. The molecule has 2 fully saturated rings. The van der Waals surface area contributed by atoms with Gasteiger partial charge in [-0.15, -0.1) is 0 Å². The summed E-state index contributed by atoms with van der Waals surface area (Å²) >= 11 is 0. The molecule has 2 unspecified atom stereocenters. The first-order valence-corrected chi connectivity index (χ1v) is 8.72. The van der Waals surface area contributed by atoms with Crippen molar-refractivity contribution in [2.24, 2.45) is 17.8 Å². The quantitative estimate of drug-likeness (QED) is 0.848. The lowest BCUT2D eigenvalue weighted by Crippen LogP contribution is -2.43. The molecule has 0 aromatic heterocycles. The van der Waals surface area contributed by atoms with Crippen molar-refractivity contribution in [2.75, 3.05) is 0 Å². The van der Waals surface area contributed by atoms with Crippen molar-refractivity contribution in [3.63, 3.8) is 0 Å². The molecule has 2 N–H and O–H groups in total. The van der Waals surface area contributed by atoms with Gasteiger partial charge in [0.15, 0.2) is 0 Å². The van der Waals surface area contributed by atoms with Gasteiger partial charge in [-0.25, -0.2) is 4.79 Å². The lowest BCUT2D eigenvalue weighted by Gasteiger charge is -2.22. The van der Waals surface area contributed by atoms with Crippen LogP contribution in [0.25, 0.3) is 0 Å². The lowest BCUT2D eigenvalue weighted by molar-refractivity contribution is -0.142. The number of rotatable bonds is 6. The van der Waals surface area contributed by atoms with Crippen molar-refractivity contribution in [1.29, 1.82) is 0 Å². The summed E-state index contributed by atoms with van der Waals surface area (Å²) in [6, 6.07) is 8.62. The third kappa shape index (κ3) is 4.12. The molecular formula is C19H25NO3. The van der Waals surface area contributed by atoms with Crippen LogP contribution < -0.4 is 5.32 Å². The van der Waals surface area contributed by atoms with E-state index in [9.17, 15) is 14.7 Å². The number of carboxylic acid groups (broad SMARTS) is 1. The number of aliphatic carboxylic acids is 1. The molecule has 1 amide bonds. The van der Waals surface area contributed by atoms with Crippen LogP contribution in [0.4, 0.5) is 0 Å². The fraction of sp³-hybridized carbons (Fsp3) is 0.579. The minimum absolute atomic E-state index is 0.0377. The lowest BCUT2D eigenvalue weighted by atomic mass is 9.85. The fourth-order valence-electron chi connectivity index (χ4n) is 3.93. The van der Waals surface area contributed by atoms with Gasteiger partial charge in [-0.1, -0.05) is 62.4 Å². The Bertz CT molecular complexity index is 551. The fourth-order valence-corrected chi connectivity index (χ4v) is 3.93. The third-order valence-electron chi connectivity index (χ3n) is 5.33. The van der Waals surface area contributed by atoms with E-state index >= 15 is 0 Å². The minimum atomic E-state index is -0.961. The summed E-state index contributed by atoms with van der Waals surface area (Å²) in [5, 5.41) is 12.1. The topological polar surface area (TPSA) is 66.4 Å². The Hall–Kier alpha value is -1.84. The van der Waals surface area contributed by atoms with Crippen molar-refractivity contribution < 1.29 is 14.7 Å². The molecule has 23 heavy (non-hydrogen) atoms. The molecule has 3 rings (SSSR count). The van der Waals surface area contributed by atoms with Gasteiger partial charge in [0.25, 0.3) is 0 Å². The zero-order valence-electron chi connectivity index (χ0n) is 13.4. The van der Waals surface area contributed by atoms with E-state index in [2.05, 4.69) is 5.32 Å². The molecule has 2 aliphatic carbocycles. The molecule has 4 nitrogen and oxygen atoms in total. The van der Waals surface area contributed by atoms with Gasteiger partial charge in [0.2, 0.25) is 5.91 Å². The molecule has 1 aromatic carbocycles. The van der Waals surface area contributed by atoms with Gasteiger partial charge in [0.05, 0.1) is 0 Å². The summed E-state index contributed by atoms with van der Waals surface area (Å²) in [4.78, 5) is 23.8. The Morgan fingerprint density at radius 2 is 1.83 bits per heavy atom. The Kier molecular flexibility index (Phi) is 4.99. The molecule has 2 aliphatic rings. The first-order valence-electron chi connectivity index (χ1n) is 8.72. The van der Waals surface area contributed by atoms with E-state index in [1.165, 1.54) is 32.1 Å². The van der Waals surface area contributed by atoms with E-state index in [0.29, 0.717) is 18.3 Å². The summed E-state index contributed by atoms with van der Waals surface area (Å²) in [7, 11) is 0. The molecule has 3 atom stereocenters. The summed E-state index contributed by atoms with van der Waals surface area (Å²) in [5.74, 6) is 0.176. The first-order chi connectivity index (χ1) is 11.1. The molecule has 0 radical (unpaired) electrons. The molecule has 0 saturated heterocycles. The molecular weight excluding hydrogens is 290 g/mol. The van der Waals surface area contributed by atoms with Gasteiger partial charge < -0.3 is 10.4 Å². The molecule has 0 aliphatic heterocycles. The van der Waals surface area contributed by atoms with Crippen LogP contribution in [0.15, 0.2) is 30.3 Å². The van der Waals surface area contributed by atoms with Crippen molar-refractivity contribution >= 4 is 11.9 Å². The van der Waals surface area contributed by atoms with E-state index in [0.717, 1.165) is 12.0 Å². The molecule has 2 saturated carbocycles. The van der Waals surface area contributed by atoms with Crippen LogP contribution in [-0.4, -0.2) is 23.0 Å². The normalized spacial score (nSPS) is 25.6. The summed E-state index contributed by atoms with van der Waals surface area (Å²) < 4.78 is 0. The van der Waals surface area contributed by atoms with Gasteiger partial charge in [0.1, 0.15) is 6.04 Å². The van der Waals surface area contributed by atoms with E-state index in [-0.39, 0.29) is 11.8 Å².